The normalized spacial score (nSPS) is 47.5. The highest BCUT2D eigenvalue weighted by molar-refractivity contribution is 6.37. The first-order valence-corrected chi connectivity index (χ1v) is 12.1. The van der Waals surface area contributed by atoms with E-state index in [-0.39, 0.29) is 16.8 Å². The Hall–Kier alpha value is 0.412. The van der Waals surface area contributed by atoms with E-state index >= 15 is 0 Å². The summed E-state index contributed by atoms with van der Waals surface area (Å²) in [6, 6.07) is 0. The quantitative estimate of drug-likeness (QED) is 0.560. The van der Waals surface area contributed by atoms with Gasteiger partial charge in [-0.15, -0.1) is 0 Å². The molecule has 0 aromatic carbocycles. The van der Waals surface area contributed by atoms with Crippen molar-refractivity contribution in [2.45, 2.75) is 116 Å². The average Bonchev–Trinajstić information content (AvgIpc) is 3.12. The first-order chi connectivity index (χ1) is 11.7. The van der Waals surface area contributed by atoms with Crippen LogP contribution in [0.5, 0.6) is 0 Å². The second-order valence-electron chi connectivity index (χ2n) is 9.96. The fourth-order valence-electron chi connectivity index (χ4n) is 5.19. The van der Waals surface area contributed by atoms with Gasteiger partial charge in [0, 0.05) is 16.8 Å². The summed E-state index contributed by atoms with van der Waals surface area (Å²) in [6.45, 7) is 13.9. The molecule has 6 unspecified atom stereocenters. The molecule has 3 rings (SSSR count). The van der Waals surface area contributed by atoms with Crippen LogP contribution in [0.15, 0.2) is 0 Å². The molecule has 0 spiro atoms. The van der Waals surface area contributed by atoms with Crippen molar-refractivity contribution < 1.29 is 11.4 Å². The largest absolute Gasteiger partial charge is 0.906 e. The highest BCUT2D eigenvalue weighted by atomic mass is 27.3. The van der Waals surface area contributed by atoms with Crippen molar-refractivity contribution in [1.29, 1.82) is 0 Å². The van der Waals surface area contributed by atoms with Gasteiger partial charge in [0.15, 0.2) is 0 Å². The minimum Gasteiger partial charge on any atom is -0.449 e. The van der Waals surface area contributed by atoms with Crippen LogP contribution in [-0.2, 0) is 11.4 Å². The second-order valence-corrected chi connectivity index (χ2v) is 11.2. The van der Waals surface area contributed by atoms with Crippen LogP contribution in [0.2, 0.25) is 0 Å². The Morgan fingerprint density at radius 1 is 0.600 bits per heavy atom. The van der Waals surface area contributed by atoms with Crippen molar-refractivity contribution in [2.24, 2.45) is 17.8 Å². The van der Waals surface area contributed by atoms with E-state index in [0.29, 0.717) is 17.8 Å². The Bertz CT molecular complexity index is 405. The molecule has 0 N–H and O–H groups in total. The first kappa shape index (κ1) is 20.2. The predicted octanol–water partition coefficient (Wildman–Crippen LogP) is 5.76. The number of hydrogen-bond acceptors (Lipinski definition) is 3. The van der Waals surface area contributed by atoms with Crippen molar-refractivity contribution in [3.8, 4) is 0 Å². The van der Waals surface area contributed by atoms with Crippen LogP contribution in [0.1, 0.15) is 99.3 Å². The minimum absolute atomic E-state index is 0.0622. The summed E-state index contributed by atoms with van der Waals surface area (Å²) in [7, 11) is 0. The third-order valence-corrected chi connectivity index (χ3v) is 10.3. The van der Waals surface area contributed by atoms with Crippen LogP contribution in [0.4, 0.5) is 0 Å². The van der Waals surface area contributed by atoms with E-state index in [4.69, 9.17) is 11.4 Å². The van der Waals surface area contributed by atoms with Crippen LogP contribution in [-0.4, -0.2) is 32.0 Å². The summed E-state index contributed by atoms with van der Waals surface area (Å²) >= 11 is -2.21. The highest BCUT2D eigenvalue weighted by Crippen LogP contribution is 2.45. The van der Waals surface area contributed by atoms with Crippen molar-refractivity contribution in [3.05, 3.63) is 0 Å². The molecule has 0 aromatic heterocycles. The van der Waals surface area contributed by atoms with Gasteiger partial charge in [0.25, 0.3) is 0 Å². The van der Waals surface area contributed by atoms with E-state index in [2.05, 4.69) is 41.5 Å². The third kappa shape index (κ3) is 4.14. The third-order valence-electron chi connectivity index (χ3n) is 8.15. The predicted molar refractivity (Wildman–Crippen MR) is 103 cm³/mol. The molecule has 3 nitrogen and oxygen atoms in total. The van der Waals surface area contributed by atoms with Gasteiger partial charge in [0.05, 0.1) is 0 Å². The van der Waals surface area contributed by atoms with E-state index in [1.54, 1.807) is 0 Å². The maximum absolute atomic E-state index is 6.76. The van der Waals surface area contributed by atoms with Crippen LogP contribution in [0, 0.1) is 17.8 Å². The molecule has 0 amide bonds. The van der Waals surface area contributed by atoms with Gasteiger partial charge in [-0.1, -0.05) is 40.0 Å². The molecule has 25 heavy (non-hydrogen) atoms. The molecular formula is C21H39AlO3. The van der Waals surface area contributed by atoms with Gasteiger partial charge in [-0.05, 0) is 77.0 Å². The van der Waals surface area contributed by atoms with Crippen molar-refractivity contribution in [2.75, 3.05) is 0 Å². The lowest BCUT2D eigenvalue weighted by atomic mass is 9.95. The molecule has 0 radical (unpaired) electrons. The van der Waals surface area contributed by atoms with E-state index in [9.17, 15) is 0 Å². The fourth-order valence-corrected chi connectivity index (χ4v) is 7.70. The Kier molecular flexibility index (Phi) is 6.00. The van der Waals surface area contributed by atoms with Crippen molar-refractivity contribution in [3.63, 3.8) is 0 Å². The van der Waals surface area contributed by atoms with E-state index < -0.39 is 15.1 Å². The Morgan fingerprint density at radius 3 is 1.08 bits per heavy atom. The Balaban J connectivity index is 1.76. The van der Waals surface area contributed by atoms with Gasteiger partial charge >= 0.3 is 15.1 Å². The van der Waals surface area contributed by atoms with Gasteiger partial charge < -0.3 is 11.4 Å². The molecule has 0 heterocycles. The summed E-state index contributed by atoms with van der Waals surface area (Å²) in [6.07, 6.45) is 11.0. The summed E-state index contributed by atoms with van der Waals surface area (Å²) in [5.41, 5.74) is -0.187. The molecular weight excluding hydrogens is 327 g/mol. The number of rotatable bonds is 6. The lowest BCUT2D eigenvalue weighted by Gasteiger charge is -2.41. The van der Waals surface area contributed by atoms with Crippen LogP contribution < -0.4 is 0 Å². The minimum atomic E-state index is -2.21. The van der Waals surface area contributed by atoms with E-state index in [0.717, 1.165) is 19.3 Å². The smallest absolute Gasteiger partial charge is 0.449 e. The van der Waals surface area contributed by atoms with Gasteiger partial charge in [-0.3, -0.25) is 0 Å². The fraction of sp³-hybridized carbons (Fsp3) is 1.00. The maximum Gasteiger partial charge on any atom is 0.906 e. The Labute approximate surface area is 160 Å². The van der Waals surface area contributed by atoms with Crippen LogP contribution >= 0.6 is 0 Å². The molecule has 0 saturated heterocycles. The SMILES string of the molecule is CC1CCCC1(C)[O][Al]([O]C1(C)CCCC1C)[O]C1(C)CCCC1C. The summed E-state index contributed by atoms with van der Waals surface area (Å²) in [4.78, 5) is 0. The lowest BCUT2D eigenvalue weighted by Crippen LogP contribution is -2.51. The van der Waals surface area contributed by atoms with Crippen LogP contribution in [0.25, 0.3) is 0 Å². The van der Waals surface area contributed by atoms with E-state index in [1.807, 2.05) is 0 Å². The summed E-state index contributed by atoms with van der Waals surface area (Å²) in [5.74, 6) is 1.78. The summed E-state index contributed by atoms with van der Waals surface area (Å²) < 4.78 is 20.3. The van der Waals surface area contributed by atoms with Gasteiger partial charge in [-0.25, -0.2) is 0 Å². The molecule has 3 fully saturated rings. The topological polar surface area (TPSA) is 27.7 Å². The maximum atomic E-state index is 6.76. The van der Waals surface area contributed by atoms with Gasteiger partial charge in [0.2, 0.25) is 0 Å². The highest BCUT2D eigenvalue weighted by Gasteiger charge is 2.53. The van der Waals surface area contributed by atoms with E-state index in [1.165, 1.54) is 38.5 Å². The molecule has 0 aromatic rings. The second kappa shape index (κ2) is 7.44. The van der Waals surface area contributed by atoms with Crippen LogP contribution in [0.3, 0.4) is 0 Å². The first-order valence-electron chi connectivity index (χ1n) is 10.7. The van der Waals surface area contributed by atoms with Gasteiger partial charge in [-0.2, -0.15) is 0 Å². The zero-order valence-corrected chi connectivity index (χ0v) is 18.6. The van der Waals surface area contributed by atoms with Crippen molar-refractivity contribution >= 4 is 15.1 Å². The standard InChI is InChI=1S/3C7H13O.Al/c3*1-6-4-3-5-7(6,2)8;/h3*6H,3-5H2,1-2H3;/q3*-1;+3. The molecule has 0 bridgehead atoms. The molecule has 4 heteroatoms. The lowest BCUT2D eigenvalue weighted by molar-refractivity contribution is -0.0997. The molecule has 144 valence electrons. The monoisotopic (exact) mass is 366 g/mol. The Morgan fingerprint density at radius 2 is 0.880 bits per heavy atom. The van der Waals surface area contributed by atoms with Crippen molar-refractivity contribution in [1.82, 2.24) is 0 Å². The molecule has 3 saturated carbocycles. The zero-order valence-electron chi connectivity index (χ0n) is 17.4. The molecule has 6 atom stereocenters. The molecule has 0 aliphatic heterocycles. The molecule has 3 aliphatic carbocycles. The zero-order chi connectivity index (χ0) is 18.3. The number of hydrogen-bond donors (Lipinski definition) is 0. The molecule has 3 aliphatic rings. The average molecular weight is 367 g/mol. The summed E-state index contributed by atoms with van der Waals surface area (Å²) in [5, 5.41) is 0. The van der Waals surface area contributed by atoms with Gasteiger partial charge in [0.1, 0.15) is 0 Å².